The van der Waals surface area contributed by atoms with Crippen LogP contribution in [0.3, 0.4) is 0 Å². The Labute approximate surface area is 66.3 Å². The summed E-state index contributed by atoms with van der Waals surface area (Å²) >= 11 is 0. The van der Waals surface area contributed by atoms with Crippen molar-refractivity contribution in [2.45, 2.75) is 25.3 Å². The largest absolute Gasteiger partial charge is 0.274 e. The highest BCUT2D eigenvalue weighted by atomic mass is 32.2. The molecule has 0 unspecified atom stereocenters. The summed E-state index contributed by atoms with van der Waals surface area (Å²) in [5, 5.41) is 4.82. The smallest absolute Gasteiger partial charge is 0.216 e. The maximum absolute atomic E-state index is 10.5. The molecule has 0 saturated heterocycles. The molecule has 4 nitrogen and oxygen atoms in total. The Bertz CT molecular complexity index is 258. The molecule has 0 bridgehead atoms. The van der Waals surface area contributed by atoms with Crippen LogP contribution in [0.4, 0.5) is 0 Å². The zero-order valence-corrected chi connectivity index (χ0v) is 6.97. The van der Waals surface area contributed by atoms with Crippen molar-refractivity contribution in [2.75, 3.05) is 0 Å². The first-order chi connectivity index (χ1) is 5.06. The van der Waals surface area contributed by atoms with Crippen LogP contribution in [0, 0.1) is 11.8 Å². The topological polar surface area (TPSA) is 72.2 Å². The lowest BCUT2D eigenvalue weighted by molar-refractivity contribution is 0.574. The third-order valence-corrected chi connectivity index (χ3v) is 3.01. The van der Waals surface area contributed by atoms with Gasteiger partial charge in [0.15, 0.2) is 0 Å². The van der Waals surface area contributed by atoms with Gasteiger partial charge in [-0.05, 0) is 31.1 Å². The van der Waals surface area contributed by atoms with E-state index in [1.54, 1.807) is 0 Å². The first kappa shape index (κ1) is 7.52. The Morgan fingerprint density at radius 3 is 2.45 bits per heavy atom. The molecular formula is C6H12N2O2S. The van der Waals surface area contributed by atoms with E-state index in [1.165, 1.54) is 12.8 Å². The van der Waals surface area contributed by atoms with E-state index < -0.39 is 10.2 Å². The maximum Gasteiger partial charge on any atom is 0.274 e. The van der Waals surface area contributed by atoms with Gasteiger partial charge in [-0.2, -0.15) is 13.1 Å². The van der Waals surface area contributed by atoms with E-state index in [2.05, 4.69) is 4.72 Å². The Morgan fingerprint density at radius 2 is 2.00 bits per heavy atom. The highest BCUT2D eigenvalue weighted by Gasteiger charge is 2.48. The molecule has 2 aliphatic rings. The minimum atomic E-state index is -3.45. The Morgan fingerprint density at radius 1 is 1.36 bits per heavy atom. The lowest BCUT2D eigenvalue weighted by atomic mass is 10.3. The van der Waals surface area contributed by atoms with E-state index in [9.17, 15) is 8.42 Å². The van der Waals surface area contributed by atoms with E-state index in [0.717, 1.165) is 12.3 Å². The fourth-order valence-electron chi connectivity index (χ4n) is 1.61. The predicted molar refractivity (Wildman–Crippen MR) is 40.9 cm³/mol. The van der Waals surface area contributed by atoms with Crippen molar-refractivity contribution in [3.63, 3.8) is 0 Å². The molecule has 0 spiro atoms. The van der Waals surface area contributed by atoms with Crippen LogP contribution in [-0.2, 0) is 10.2 Å². The maximum atomic E-state index is 10.5. The first-order valence-corrected chi connectivity index (χ1v) is 5.41. The molecule has 11 heavy (non-hydrogen) atoms. The van der Waals surface area contributed by atoms with Crippen LogP contribution in [0.2, 0.25) is 0 Å². The zero-order chi connectivity index (χ0) is 8.06. The molecule has 0 aromatic carbocycles. The molecule has 0 aliphatic heterocycles. The van der Waals surface area contributed by atoms with Crippen molar-refractivity contribution in [1.82, 2.24) is 4.72 Å². The lowest BCUT2D eigenvalue weighted by Crippen LogP contribution is -2.33. The highest BCUT2D eigenvalue weighted by molar-refractivity contribution is 7.87. The van der Waals surface area contributed by atoms with Crippen LogP contribution in [0.15, 0.2) is 0 Å². The van der Waals surface area contributed by atoms with Crippen LogP contribution in [0.1, 0.15) is 19.3 Å². The average Bonchev–Trinajstić information content (AvgIpc) is 2.41. The molecular weight excluding hydrogens is 164 g/mol. The van der Waals surface area contributed by atoms with Crippen LogP contribution in [-0.4, -0.2) is 14.5 Å². The molecule has 2 rings (SSSR count). The summed E-state index contributed by atoms with van der Waals surface area (Å²) in [5.74, 6) is 1.38. The number of hydrogen-bond acceptors (Lipinski definition) is 2. The molecule has 2 saturated carbocycles. The number of nitrogens with two attached hydrogens (primary N) is 1. The first-order valence-electron chi connectivity index (χ1n) is 3.86. The fourth-order valence-corrected chi connectivity index (χ4v) is 2.30. The summed E-state index contributed by atoms with van der Waals surface area (Å²) in [6.45, 7) is 0. The van der Waals surface area contributed by atoms with Gasteiger partial charge in [0.25, 0.3) is 10.2 Å². The van der Waals surface area contributed by atoms with Crippen LogP contribution in [0.5, 0.6) is 0 Å². The Hall–Kier alpha value is -0.130. The lowest BCUT2D eigenvalue weighted by Gasteiger charge is -1.98. The summed E-state index contributed by atoms with van der Waals surface area (Å²) < 4.78 is 23.5. The second-order valence-corrected chi connectivity index (χ2v) is 4.83. The molecule has 2 aliphatic carbocycles. The summed E-state index contributed by atoms with van der Waals surface area (Å²) in [6, 6.07) is 0.150. The van der Waals surface area contributed by atoms with Gasteiger partial charge in [-0.25, -0.2) is 5.14 Å². The molecule has 0 amide bonds. The van der Waals surface area contributed by atoms with Crippen LogP contribution in [0.25, 0.3) is 0 Å². The normalized spacial score (nSPS) is 37.2. The van der Waals surface area contributed by atoms with Crippen molar-refractivity contribution in [3.05, 3.63) is 0 Å². The predicted octanol–water partition coefficient (Wildman–Crippen LogP) is -0.422. The molecule has 2 fully saturated rings. The number of hydrogen-bond donors (Lipinski definition) is 2. The Balaban J connectivity index is 1.83. The number of nitrogens with one attached hydrogen (secondary N) is 1. The van der Waals surface area contributed by atoms with E-state index >= 15 is 0 Å². The minimum Gasteiger partial charge on any atom is -0.216 e. The molecule has 3 N–H and O–H groups in total. The van der Waals surface area contributed by atoms with Crippen molar-refractivity contribution >= 4 is 10.2 Å². The van der Waals surface area contributed by atoms with Gasteiger partial charge in [0.1, 0.15) is 0 Å². The van der Waals surface area contributed by atoms with Crippen LogP contribution >= 0.6 is 0 Å². The summed E-state index contributed by atoms with van der Waals surface area (Å²) in [4.78, 5) is 0. The third kappa shape index (κ3) is 1.91. The molecule has 0 radical (unpaired) electrons. The molecule has 0 aromatic heterocycles. The van der Waals surface area contributed by atoms with Crippen molar-refractivity contribution < 1.29 is 8.42 Å². The summed E-state index contributed by atoms with van der Waals surface area (Å²) in [7, 11) is -3.45. The molecule has 5 heteroatoms. The van der Waals surface area contributed by atoms with E-state index in [1.807, 2.05) is 0 Å². The summed E-state index contributed by atoms with van der Waals surface area (Å²) in [6.07, 6.45) is 3.53. The van der Waals surface area contributed by atoms with Gasteiger partial charge < -0.3 is 0 Å². The zero-order valence-electron chi connectivity index (χ0n) is 6.16. The molecule has 0 heterocycles. The van der Waals surface area contributed by atoms with Gasteiger partial charge in [-0.15, -0.1) is 0 Å². The van der Waals surface area contributed by atoms with Crippen molar-refractivity contribution in [2.24, 2.45) is 17.0 Å². The third-order valence-electron chi connectivity index (χ3n) is 2.38. The van der Waals surface area contributed by atoms with Gasteiger partial charge in [0.05, 0.1) is 0 Å². The molecule has 2 atom stereocenters. The Kier molecular flexibility index (Phi) is 1.49. The molecule has 64 valence electrons. The van der Waals surface area contributed by atoms with Gasteiger partial charge in [0, 0.05) is 6.04 Å². The minimum absolute atomic E-state index is 0.150. The van der Waals surface area contributed by atoms with E-state index in [0.29, 0.717) is 5.92 Å². The number of rotatable bonds is 3. The second-order valence-electron chi connectivity index (χ2n) is 3.51. The average molecular weight is 176 g/mol. The van der Waals surface area contributed by atoms with E-state index in [4.69, 9.17) is 5.14 Å². The van der Waals surface area contributed by atoms with Crippen LogP contribution < -0.4 is 9.86 Å². The van der Waals surface area contributed by atoms with Gasteiger partial charge >= 0.3 is 0 Å². The van der Waals surface area contributed by atoms with Gasteiger partial charge in [-0.3, -0.25) is 0 Å². The van der Waals surface area contributed by atoms with Crippen molar-refractivity contribution in [3.8, 4) is 0 Å². The fraction of sp³-hybridized carbons (Fsp3) is 1.00. The summed E-state index contributed by atoms with van der Waals surface area (Å²) in [5.41, 5.74) is 0. The SMILES string of the molecule is NS(=O)(=O)N[C@@H]1C[C@H]1C1CC1. The quantitative estimate of drug-likeness (QED) is 0.613. The highest BCUT2D eigenvalue weighted by Crippen LogP contribution is 2.50. The van der Waals surface area contributed by atoms with Gasteiger partial charge in [0.2, 0.25) is 0 Å². The van der Waals surface area contributed by atoms with Crippen molar-refractivity contribution in [1.29, 1.82) is 0 Å². The second kappa shape index (κ2) is 2.18. The standard InChI is InChI=1S/C6H12N2O2S/c7-11(9,10)8-6-3-5(6)4-1-2-4/h4-6,8H,1-3H2,(H2,7,9,10)/t5-,6+/m0/s1. The molecule has 0 aromatic rings. The van der Waals surface area contributed by atoms with Gasteiger partial charge in [-0.1, -0.05) is 0 Å². The monoisotopic (exact) mass is 176 g/mol. The van der Waals surface area contributed by atoms with E-state index in [-0.39, 0.29) is 6.04 Å².